The lowest BCUT2D eigenvalue weighted by Crippen LogP contribution is -2.59. The van der Waals surface area contributed by atoms with Gasteiger partial charge in [0, 0.05) is 28.2 Å². The number of ether oxygens (including phenoxy) is 5. The molecular weight excluding hydrogens is 545 g/mol. The molecule has 13 heteroatoms. The van der Waals surface area contributed by atoms with Gasteiger partial charge in [0.25, 0.3) is 0 Å². The summed E-state index contributed by atoms with van der Waals surface area (Å²) in [6, 6.07) is 14.6. The first kappa shape index (κ1) is 28.0. The number of alkyl halides is 1. The van der Waals surface area contributed by atoms with Crippen molar-refractivity contribution in [3.63, 3.8) is 0 Å². The van der Waals surface area contributed by atoms with E-state index in [4.69, 9.17) is 35.3 Å². The van der Waals surface area contributed by atoms with E-state index in [2.05, 4.69) is 15.1 Å². The number of carbonyl (C=O) groups is 1. The molecule has 1 aromatic heterocycles. The van der Waals surface area contributed by atoms with Gasteiger partial charge >= 0.3 is 5.97 Å². The summed E-state index contributed by atoms with van der Waals surface area (Å²) in [7, 11) is 1.45. The van der Waals surface area contributed by atoms with Crippen molar-refractivity contribution in [2.24, 2.45) is 5.11 Å². The number of methoxy groups -OCH3 is 1. The van der Waals surface area contributed by atoms with Crippen molar-refractivity contribution < 1.29 is 32.9 Å². The molecule has 40 heavy (non-hydrogen) atoms. The first-order valence-corrected chi connectivity index (χ1v) is 13.0. The zero-order chi connectivity index (χ0) is 28.2. The van der Waals surface area contributed by atoms with Crippen LogP contribution in [0.3, 0.4) is 0 Å². The summed E-state index contributed by atoms with van der Waals surface area (Å²) < 4.78 is 45.1. The maximum absolute atomic E-state index is 14.0. The monoisotopic (exact) mass is 571 g/mol. The lowest BCUT2D eigenvalue weighted by molar-refractivity contribution is -0.310. The second kappa shape index (κ2) is 12.3. The molecule has 1 unspecified atom stereocenters. The molecule has 0 N–H and O–H groups in total. The van der Waals surface area contributed by atoms with E-state index in [-0.39, 0.29) is 24.5 Å². The Labute approximate surface area is 234 Å². The van der Waals surface area contributed by atoms with Crippen molar-refractivity contribution in [3.8, 4) is 5.69 Å². The molecule has 5 rings (SSSR count). The van der Waals surface area contributed by atoms with E-state index < -0.39 is 49.4 Å². The first-order chi connectivity index (χ1) is 19.5. The number of rotatable bonds is 8. The first-order valence-electron chi connectivity index (χ1n) is 12.6. The molecule has 3 heterocycles. The molecule has 2 aliphatic rings. The Bertz CT molecular complexity index is 1400. The van der Waals surface area contributed by atoms with Gasteiger partial charge in [-0.2, -0.15) is 5.10 Å². The molecule has 0 saturated carbocycles. The van der Waals surface area contributed by atoms with E-state index in [1.165, 1.54) is 30.0 Å². The van der Waals surface area contributed by atoms with Crippen LogP contribution >= 0.6 is 11.6 Å². The summed E-state index contributed by atoms with van der Waals surface area (Å²) in [4.78, 5) is 15.7. The van der Waals surface area contributed by atoms with E-state index in [1.54, 1.807) is 13.0 Å². The average molecular weight is 572 g/mol. The molecule has 0 spiro atoms. The number of nitrogens with zero attached hydrogens (tertiary/aromatic N) is 5. The Hall–Kier alpha value is -3.51. The van der Waals surface area contributed by atoms with Gasteiger partial charge in [-0.25, -0.2) is 13.9 Å². The van der Waals surface area contributed by atoms with Crippen molar-refractivity contribution in [1.29, 1.82) is 0 Å². The summed E-state index contributed by atoms with van der Waals surface area (Å²) in [6.07, 6.45) is -3.86. The number of fused-ring (bicyclic) bond motifs is 1. The molecule has 2 fully saturated rings. The maximum Gasteiger partial charge on any atom is 0.358 e. The number of azide groups is 1. The van der Waals surface area contributed by atoms with Crippen LogP contribution in [0.5, 0.6) is 0 Å². The lowest BCUT2D eigenvalue weighted by Gasteiger charge is -2.48. The second-order valence-corrected chi connectivity index (χ2v) is 9.60. The smallest absolute Gasteiger partial charge is 0.358 e. The van der Waals surface area contributed by atoms with E-state index in [0.717, 1.165) is 5.56 Å². The van der Waals surface area contributed by atoms with E-state index in [0.29, 0.717) is 16.4 Å². The Morgan fingerprint density at radius 2 is 2.05 bits per heavy atom. The normalized spacial score (nSPS) is 26.0. The van der Waals surface area contributed by atoms with Crippen molar-refractivity contribution in [1.82, 2.24) is 9.78 Å². The molecule has 11 nitrogen and oxygen atoms in total. The van der Waals surface area contributed by atoms with Crippen LogP contribution in [0, 0.1) is 0 Å². The molecule has 2 aliphatic heterocycles. The van der Waals surface area contributed by atoms with Crippen LogP contribution in [0.2, 0.25) is 5.02 Å². The predicted molar refractivity (Wildman–Crippen MR) is 141 cm³/mol. The van der Waals surface area contributed by atoms with Gasteiger partial charge in [0.15, 0.2) is 12.0 Å². The zero-order valence-electron chi connectivity index (χ0n) is 21.7. The Morgan fingerprint density at radius 1 is 1.25 bits per heavy atom. The quantitative estimate of drug-likeness (QED) is 0.153. The Morgan fingerprint density at radius 3 is 2.75 bits per heavy atom. The summed E-state index contributed by atoms with van der Waals surface area (Å²) in [6.45, 7) is 1.12. The van der Waals surface area contributed by atoms with Gasteiger partial charge in [0.05, 0.1) is 30.6 Å². The molecule has 0 radical (unpaired) electrons. The standard InChI is InChI=1S/C27H27ClFN5O6/c1-3-37-26(35)18-12-20(34(32-18)19-11-17(28)10-9-16(19)13-29)23-25(36-2)22(31-33-30)24-21(39-23)14-38-27(40-24)15-7-5-4-6-8-15/h4-12,21-25,27H,3,13-14H2,1-2H3/t21-,22+,23+,24+,25-,27?/m1/s1. The minimum absolute atomic E-state index is 0.0252. The second-order valence-electron chi connectivity index (χ2n) is 9.16. The lowest BCUT2D eigenvalue weighted by atomic mass is 9.90. The van der Waals surface area contributed by atoms with Crippen molar-refractivity contribution in [2.75, 3.05) is 20.3 Å². The molecule has 2 aromatic carbocycles. The number of hydrogen-bond donors (Lipinski definition) is 0. The summed E-state index contributed by atoms with van der Waals surface area (Å²) >= 11 is 6.26. The fraction of sp³-hybridized carbons (Fsp3) is 0.407. The van der Waals surface area contributed by atoms with Gasteiger partial charge in [-0.1, -0.05) is 53.1 Å². The Balaban J connectivity index is 1.58. The molecule has 0 aliphatic carbocycles. The third-order valence-corrected chi connectivity index (χ3v) is 7.05. The van der Waals surface area contributed by atoms with Crippen LogP contribution < -0.4 is 0 Å². The molecule has 6 atom stereocenters. The minimum atomic E-state index is -0.927. The van der Waals surface area contributed by atoms with Gasteiger partial charge in [0.2, 0.25) is 0 Å². The van der Waals surface area contributed by atoms with Crippen LogP contribution in [-0.4, -0.2) is 60.4 Å². The fourth-order valence-electron chi connectivity index (χ4n) is 5.02. The number of aromatic nitrogens is 2. The van der Waals surface area contributed by atoms with Gasteiger partial charge in [-0.15, -0.1) is 0 Å². The van der Waals surface area contributed by atoms with Crippen molar-refractivity contribution in [2.45, 2.75) is 50.3 Å². The minimum Gasteiger partial charge on any atom is -0.461 e. The largest absolute Gasteiger partial charge is 0.461 e. The predicted octanol–water partition coefficient (Wildman–Crippen LogP) is 5.42. The van der Waals surface area contributed by atoms with Gasteiger partial charge < -0.3 is 23.7 Å². The zero-order valence-corrected chi connectivity index (χ0v) is 22.5. The van der Waals surface area contributed by atoms with E-state index in [9.17, 15) is 14.7 Å². The highest BCUT2D eigenvalue weighted by Gasteiger charge is 2.51. The number of halogens is 2. The van der Waals surface area contributed by atoms with Gasteiger partial charge in [0.1, 0.15) is 31.1 Å². The third kappa shape index (κ3) is 5.42. The molecule has 0 amide bonds. The Kier molecular flexibility index (Phi) is 8.65. The molecule has 3 aromatic rings. The van der Waals surface area contributed by atoms with Crippen LogP contribution in [0.25, 0.3) is 16.1 Å². The number of carbonyl (C=O) groups excluding carboxylic acids is 1. The van der Waals surface area contributed by atoms with Crippen LogP contribution in [0.15, 0.2) is 59.7 Å². The number of hydrogen-bond acceptors (Lipinski definition) is 8. The highest BCUT2D eigenvalue weighted by atomic mass is 35.5. The van der Waals surface area contributed by atoms with Crippen molar-refractivity contribution >= 4 is 17.6 Å². The van der Waals surface area contributed by atoms with Gasteiger partial charge in [-0.05, 0) is 30.7 Å². The molecule has 210 valence electrons. The number of esters is 1. The van der Waals surface area contributed by atoms with Crippen LogP contribution in [0.1, 0.15) is 46.6 Å². The summed E-state index contributed by atoms with van der Waals surface area (Å²) in [5, 5.41) is 8.81. The van der Waals surface area contributed by atoms with Crippen LogP contribution in [-0.2, 0) is 30.4 Å². The average Bonchev–Trinajstić information content (AvgIpc) is 3.43. The molecular formula is C27H27ClFN5O6. The van der Waals surface area contributed by atoms with E-state index >= 15 is 0 Å². The topological polar surface area (TPSA) is 130 Å². The van der Waals surface area contributed by atoms with E-state index in [1.807, 2.05) is 30.3 Å². The third-order valence-electron chi connectivity index (χ3n) is 6.81. The molecule has 2 saturated heterocycles. The van der Waals surface area contributed by atoms with Crippen molar-refractivity contribution in [3.05, 3.63) is 92.6 Å². The van der Waals surface area contributed by atoms with Crippen LogP contribution in [0.4, 0.5) is 4.39 Å². The fourth-order valence-corrected chi connectivity index (χ4v) is 5.18. The highest BCUT2D eigenvalue weighted by molar-refractivity contribution is 6.30. The number of benzene rings is 2. The van der Waals surface area contributed by atoms with Gasteiger partial charge in [-0.3, -0.25) is 0 Å². The SMILES string of the molecule is CCOC(=O)c1cc([C@@H]2O[C@@H]3COC(c4ccccc4)O[C@@H]3[C@H](N=[N+]=[N-])[C@H]2OC)n(-c2cc(Cl)ccc2CF)n1. The summed E-state index contributed by atoms with van der Waals surface area (Å²) in [5.41, 5.74) is 11.2. The molecule has 0 bridgehead atoms. The highest BCUT2D eigenvalue weighted by Crippen LogP contribution is 2.42. The maximum atomic E-state index is 14.0. The summed E-state index contributed by atoms with van der Waals surface area (Å²) in [5.74, 6) is -0.671.